The van der Waals surface area contributed by atoms with Crippen molar-refractivity contribution in [3.05, 3.63) is 57.2 Å². The third-order valence-corrected chi connectivity index (χ3v) is 3.68. The van der Waals surface area contributed by atoms with Gasteiger partial charge in [0.05, 0.1) is 9.26 Å². The minimum Gasteiger partial charge on any atom is -0.507 e. The first-order valence-electron chi connectivity index (χ1n) is 5.89. The molecule has 0 radical (unpaired) electrons. The maximum atomic E-state index is 12.2. The summed E-state index contributed by atoms with van der Waals surface area (Å²) in [4.78, 5) is 12.2. The quantitative estimate of drug-likeness (QED) is 0.210. The average Bonchev–Trinajstić information content (AvgIpc) is 2.49. The number of anilines is 1. The topological polar surface area (TPSA) is 108 Å². The van der Waals surface area contributed by atoms with Gasteiger partial charge in [-0.05, 0) is 52.9 Å². The van der Waals surface area contributed by atoms with E-state index in [2.05, 4.69) is 10.5 Å². The summed E-state index contributed by atoms with van der Waals surface area (Å²) in [6.45, 7) is 0. The smallest absolute Gasteiger partial charge is 0.255 e. The van der Waals surface area contributed by atoms with E-state index in [4.69, 9.17) is 10.9 Å². The number of amides is 1. The van der Waals surface area contributed by atoms with Crippen molar-refractivity contribution in [2.24, 2.45) is 10.9 Å². The third kappa shape index (κ3) is 3.43. The number of aromatic hydroxyl groups is 1. The molecule has 5 N–H and O–H groups in total. The van der Waals surface area contributed by atoms with Crippen LogP contribution in [0.1, 0.15) is 15.9 Å². The largest absolute Gasteiger partial charge is 0.507 e. The summed E-state index contributed by atoms with van der Waals surface area (Å²) in [5.41, 5.74) is 6.69. The number of halogens is 1. The van der Waals surface area contributed by atoms with E-state index in [9.17, 15) is 9.90 Å². The SMILES string of the molecule is N/C(=N/O)c1ccccc1NC(=O)c1ccc(I)c(O)c1. The van der Waals surface area contributed by atoms with E-state index in [1.807, 2.05) is 22.6 Å². The number of rotatable bonds is 3. The number of nitrogens with zero attached hydrogens (tertiary/aromatic N) is 1. The molecule has 2 aromatic carbocycles. The standard InChI is InChI=1S/C14H12IN3O3/c15-10-6-5-8(7-12(10)19)14(20)17-11-4-2-1-3-9(11)13(16)18-21/h1-7,19,21H,(H2,16,18)(H,17,20). The molecule has 1 amide bonds. The van der Waals surface area contributed by atoms with Gasteiger partial charge in [-0.2, -0.15) is 0 Å². The van der Waals surface area contributed by atoms with Crippen molar-refractivity contribution in [2.45, 2.75) is 0 Å². The second-order valence-corrected chi connectivity index (χ2v) is 5.31. The van der Waals surface area contributed by atoms with Gasteiger partial charge in [0.15, 0.2) is 5.84 Å². The molecule has 21 heavy (non-hydrogen) atoms. The van der Waals surface area contributed by atoms with Crippen LogP contribution in [0.5, 0.6) is 5.75 Å². The van der Waals surface area contributed by atoms with Gasteiger partial charge < -0.3 is 21.4 Å². The van der Waals surface area contributed by atoms with Gasteiger partial charge in [-0.15, -0.1) is 0 Å². The number of hydrogen-bond donors (Lipinski definition) is 4. The number of phenolic OH excluding ortho intramolecular Hbond substituents is 1. The minimum atomic E-state index is -0.403. The lowest BCUT2D eigenvalue weighted by molar-refractivity contribution is 0.102. The Balaban J connectivity index is 2.30. The Morgan fingerprint density at radius 2 is 1.95 bits per heavy atom. The first kappa shape index (κ1) is 15.1. The first-order chi connectivity index (χ1) is 10.0. The van der Waals surface area contributed by atoms with E-state index in [-0.39, 0.29) is 11.6 Å². The molecule has 0 unspecified atom stereocenters. The number of nitrogens with two attached hydrogens (primary N) is 1. The van der Waals surface area contributed by atoms with Gasteiger partial charge in [0.25, 0.3) is 5.91 Å². The maximum absolute atomic E-state index is 12.2. The van der Waals surface area contributed by atoms with Gasteiger partial charge in [-0.3, -0.25) is 4.79 Å². The fourth-order valence-electron chi connectivity index (χ4n) is 1.72. The summed E-state index contributed by atoms with van der Waals surface area (Å²) in [6.07, 6.45) is 0. The van der Waals surface area contributed by atoms with E-state index in [0.29, 0.717) is 20.4 Å². The van der Waals surface area contributed by atoms with Crippen molar-refractivity contribution < 1.29 is 15.1 Å². The van der Waals surface area contributed by atoms with Crippen molar-refractivity contribution in [3.8, 4) is 5.75 Å². The summed E-state index contributed by atoms with van der Waals surface area (Å²) in [5, 5.41) is 24.0. The van der Waals surface area contributed by atoms with Crippen LogP contribution in [0, 0.1) is 3.57 Å². The van der Waals surface area contributed by atoms with E-state index in [1.54, 1.807) is 36.4 Å². The van der Waals surface area contributed by atoms with E-state index >= 15 is 0 Å². The highest BCUT2D eigenvalue weighted by atomic mass is 127. The molecular weight excluding hydrogens is 385 g/mol. The second-order valence-electron chi connectivity index (χ2n) is 4.15. The molecule has 0 aliphatic heterocycles. The highest BCUT2D eigenvalue weighted by Crippen LogP contribution is 2.22. The van der Waals surface area contributed by atoms with Crippen molar-refractivity contribution in [3.63, 3.8) is 0 Å². The van der Waals surface area contributed by atoms with Gasteiger partial charge in [0, 0.05) is 11.1 Å². The van der Waals surface area contributed by atoms with Crippen molar-refractivity contribution in [2.75, 3.05) is 5.32 Å². The fraction of sp³-hybridized carbons (Fsp3) is 0. The molecule has 6 nitrogen and oxygen atoms in total. The van der Waals surface area contributed by atoms with Crippen LogP contribution in [0.4, 0.5) is 5.69 Å². The molecule has 2 rings (SSSR count). The predicted octanol–water partition coefficient (Wildman–Crippen LogP) is 2.34. The number of para-hydroxylation sites is 1. The lowest BCUT2D eigenvalue weighted by atomic mass is 10.1. The lowest BCUT2D eigenvalue weighted by Crippen LogP contribution is -2.19. The molecule has 7 heteroatoms. The van der Waals surface area contributed by atoms with Crippen LogP contribution < -0.4 is 11.1 Å². The number of benzene rings is 2. The number of nitrogens with one attached hydrogen (secondary N) is 1. The monoisotopic (exact) mass is 397 g/mol. The zero-order valence-electron chi connectivity index (χ0n) is 10.7. The number of phenols is 1. The molecule has 0 aromatic heterocycles. The Labute approximate surface area is 134 Å². The first-order valence-corrected chi connectivity index (χ1v) is 6.97. The van der Waals surface area contributed by atoms with Gasteiger partial charge in [-0.25, -0.2) is 0 Å². The van der Waals surface area contributed by atoms with Gasteiger partial charge in [-0.1, -0.05) is 17.3 Å². The molecule has 0 atom stereocenters. The molecule has 0 heterocycles. The summed E-state index contributed by atoms with van der Waals surface area (Å²) in [7, 11) is 0. The van der Waals surface area contributed by atoms with Crippen molar-refractivity contribution >= 4 is 40.0 Å². The van der Waals surface area contributed by atoms with Gasteiger partial charge in [0.2, 0.25) is 0 Å². The summed E-state index contributed by atoms with van der Waals surface area (Å²) in [5.74, 6) is -0.468. The zero-order valence-corrected chi connectivity index (χ0v) is 12.9. The number of amidine groups is 1. The van der Waals surface area contributed by atoms with Gasteiger partial charge >= 0.3 is 0 Å². The molecule has 0 saturated carbocycles. The van der Waals surface area contributed by atoms with Crippen LogP contribution in [0.15, 0.2) is 47.6 Å². The second kappa shape index (κ2) is 6.44. The Morgan fingerprint density at radius 1 is 1.24 bits per heavy atom. The van der Waals surface area contributed by atoms with Crippen LogP contribution in [0.25, 0.3) is 0 Å². The summed E-state index contributed by atoms with van der Waals surface area (Å²) < 4.78 is 0.654. The Kier molecular flexibility index (Phi) is 4.63. The zero-order chi connectivity index (χ0) is 15.4. The summed E-state index contributed by atoms with van der Waals surface area (Å²) in [6, 6.07) is 11.3. The van der Waals surface area contributed by atoms with E-state index < -0.39 is 5.91 Å². The molecule has 0 saturated heterocycles. The maximum Gasteiger partial charge on any atom is 0.255 e. The number of carbonyl (C=O) groups is 1. The average molecular weight is 397 g/mol. The van der Waals surface area contributed by atoms with Crippen LogP contribution in [0.3, 0.4) is 0 Å². The Morgan fingerprint density at radius 3 is 2.62 bits per heavy atom. The molecule has 0 fully saturated rings. The Bertz CT molecular complexity index is 716. The minimum absolute atomic E-state index is 0.0352. The van der Waals surface area contributed by atoms with Crippen LogP contribution in [-0.4, -0.2) is 22.1 Å². The molecule has 0 spiro atoms. The molecule has 2 aromatic rings. The third-order valence-electron chi connectivity index (χ3n) is 2.77. The van der Waals surface area contributed by atoms with E-state index in [0.717, 1.165) is 0 Å². The molecule has 108 valence electrons. The molecule has 0 bridgehead atoms. The highest BCUT2D eigenvalue weighted by Gasteiger charge is 2.12. The molecular formula is C14H12IN3O3. The van der Waals surface area contributed by atoms with Crippen molar-refractivity contribution in [1.29, 1.82) is 0 Å². The number of hydrogen-bond acceptors (Lipinski definition) is 4. The molecule has 0 aliphatic carbocycles. The summed E-state index contributed by atoms with van der Waals surface area (Å²) >= 11 is 1.97. The van der Waals surface area contributed by atoms with Crippen LogP contribution in [0.2, 0.25) is 0 Å². The van der Waals surface area contributed by atoms with Gasteiger partial charge in [0.1, 0.15) is 5.75 Å². The fourth-order valence-corrected chi connectivity index (χ4v) is 2.05. The Hall–Kier alpha value is -2.29. The van der Waals surface area contributed by atoms with E-state index in [1.165, 1.54) is 6.07 Å². The van der Waals surface area contributed by atoms with Crippen molar-refractivity contribution in [1.82, 2.24) is 0 Å². The number of carbonyl (C=O) groups excluding carboxylic acids is 1. The number of oxime groups is 1. The van der Waals surface area contributed by atoms with Crippen LogP contribution in [-0.2, 0) is 0 Å². The highest BCUT2D eigenvalue weighted by molar-refractivity contribution is 14.1. The van der Waals surface area contributed by atoms with Crippen LogP contribution >= 0.6 is 22.6 Å². The normalized spacial score (nSPS) is 11.2. The predicted molar refractivity (Wildman–Crippen MR) is 87.7 cm³/mol. The lowest BCUT2D eigenvalue weighted by Gasteiger charge is -2.10. The molecule has 0 aliphatic rings.